The van der Waals surface area contributed by atoms with E-state index in [1.165, 1.54) is 102 Å². The third-order valence-electron chi connectivity index (χ3n) is 7.84. The van der Waals surface area contributed by atoms with Gasteiger partial charge in [-0.3, -0.25) is 4.79 Å². The topological polar surface area (TPSA) is 49.3 Å². The van der Waals surface area contributed by atoms with Gasteiger partial charge in [0.1, 0.15) is 5.75 Å². The summed E-state index contributed by atoms with van der Waals surface area (Å²) in [6.07, 6.45) is 22.7. The van der Waals surface area contributed by atoms with E-state index in [-0.39, 0.29) is 16.7 Å². The summed E-state index contributed by atoms with van der Waals surface area (Å²) in [6, 6.07) is 4.23. The Hall–Kier alpha value is -1.51. The van der Waals surface area contributed by atoms with Gasteiger partial charge in [-0.15, -0.1) is 0 Å². The van der Waals surface area contributed by atoms with E-state index in [1.807, 2.05) is 0 Å². The third kappa shape index (κ3) is 15.2. The van der Waals surface area contributed by atoms with Gasteiger partial charge < -0.3 is 10.4 Å². The number of unbranched alkanes of at least 4 members (excludes halogenated alkanes) is 15. The minimum absolute atomic E-state index is 0.00204. The molecule has 0 heterocycles. The molecule has 0 bridgehead atoms. The molecule has 0 aliphatic carbocycles. The molecule has 3 nitrogen and oxygen atoms in total. The van der Waals surface area contributed by atoms with E-state index in [9.17, 15) is 9.90 Å². The lowest BCUT2D eigenvalue weighted by molar-refractivity contribution is -0.121. The maximum absolute atomic E-state index is 12.5. The molecule has 0 saturated carbocycles. The molecule has 1 aromatic rings. The van der Waals surface area contributed by atoms with Crippen LogP contribution in [0.2, 0.25) is 0 Å². The van der Waals surface area contributed by atoms with Crippen LogP contribution >= 0.6 is 0 Å². The highest BCUT2D eigenvalue weighted by Gasteiger charge is 2.25. The smallest absolute Gasteiger partial charge is 0.220 e. The maximum atomic E-state index is 12.5. The van der Waals surface area contributed by atoms with Gasteiger partial charge in [-0.25, -0.2) is 0 Å². The predicted octanol–water partition coefficient (Wildman–Crippen LogP) is 10.3. The SMILES string of the molecule is CCCCCCCCCCCCCCCCCCNC(=O)CCc1cc(C(C)(C)C)cc(C(C)(C)C)c1O. The molecule has 0 spiro atoms. The first-order valence-corrected chi connectivity index (χ1v) is 16.1. The number of carbonyl (C=O) groups excluding carboxylic acids is 1. The van der Waals surface area contributed by atoms with Gasteiger partial charge in [-0.05, 0) is 40.4 Å². The van der Waals surface area contributed by atoms with Crippen molar-refractivity contribution < 1.29 is 9.90 Å². The van der Waals surface area contributed by atoms with Gasteiger partial charge in [0.15, 0.2) is 0 Å². The second-order valence-corrected chi connectivity index (χ2v) is 13.7. The molecule has 0 atom stereocenters. The molecule has 0 aromatic heterocycles. The summed E-state index contributed by atoms with van der Waals surface area (Å²) in [7, 11) is 0. The number of aryl methyl sites for hydroxylation is 1. The van der Waals surface area contributed by atoms with Crippen molar-refractivity contribution in [2.24, 2.45) is 0 Å². The van der Waals surface area contributed by atoms with Crippen LogP contribution in [0.15, 0.2) is 12.1 Å². The van der Waals surface area contributed by atoms with Gasteiger partial charge in [0.05, 0.1) is 0 Å². The monoisotopic (exact) mass is 529 g/mol. The lowest BCUT2D eigenvalue weighted by Crippen LogP contribution is -2.25. The number of amides is 1. The van der Waals surface area contributed by atoms with E-state index in [0.717, 1.165) is 24.1 Å². The molecular formula is C35H63NO2. The van der Waals surface area contributed by atoms with Crippen LogP contribution in [0.3, 0.4) is 0 Å². The average Bonchev–Trinajstić information content (AvgIpc) is 2.83. The number of phenols is 1. The lowest BCUT2D eigenvalue weighted by atomic mass is 9.78. The Kier molecular flexibility index (Phi) is 17.0. The fourth-order valence-electron chi connectivity index (χ4n) is 5.13. The molecule has 0 fully saturated rings. The Labute approximate surface area is 237 Å². The van der Waals surface area contributed by atoms with Gasteiger partial charge in [-0.2, -0.15) is 0 Å². The largest absolute Gasteiger partial charge is 0.507 e. The quantitative estimate of drug-likeness (QED) is 0.165. The molecule has 1 rings (SSSR count). The first kappa shape index (κ1) is 34.5. The molecule has 1 amide bonds. The van der Waals surface area contributed by atoms with Crippen LogP contribution in [0.5, 0.6) is 5.75 Å². The molecule has 2 N–H and O–H groups in total. The number of aromatic hydroxyl groups is 1. The van der Waals surface area contributed by atoms with Crippen molar-refractivity contribution in [3.8, 4) is 5.75 Å². The molecule has 0 saturated heterocycles. The van der Waals surface area contributed by atoms with Crippen LogP contribution in [0.1, 0.15) is 174 Å². The Morgan fingerprint density at radius 1 is 0.684 bits per heavy atom. The highest BCUT2D eigenvalue weighted by molar-refractivity contribution is 5.76. The minimum atomic E-state index is -0.143. The van der Waals surface area contributed by atoms with E-state index in [1.54, 1.807) is 0 Å². The van der Waals surface area contributed by atoms with Crippen molar-refractivity contribution in [2.75, 3.05) is 6.54 Å². The van der Waals surface area contributed by atoms with E-state index in [0.29, 0.717) is 18.6 Å². The van der Waals surface area contributed by atoms with Crippen molar-refractivity contribution in [1.29, 1.82) is 0 Å². The zero-order valence-corrected chi connectivity index (χ0v) is 26.4. The second-order valence-electron chi connectivity index (χ2n) is 13.7. The zero-order valence-electron chi connectivity index (χ0n) is 26.4. The number of nitrogens with one attached hydrogen (secondary N) is 1. The maximum Gasteiger partial charge on any atom is 0.220 e. The first-order valence-electron chi connectivity index (χ1n) is 16.1. The molecule has 3 heteroatoms. The molecule has 0 aliphatic heterocycles. The summed E-state index contributed by atoms with van der Waals surface area (Å²) >= 11 is 0. The Balaban J connectivity index is 2.14. The summed E-state index contributed by atoms with van der Waals surface area (Å²) in [6.45, 7) is 16.0. The predicted molar refractivity (Wildman–Crippen MR) is 166 cm³/mol. The molecular weight excluding hydrogens is 466 g/mol. The van der Waals surface area contributed by atoms with E-state index in [4.69, 9.17) is 0 Å². The summed E-state index contributed by atoms with van der Waals surface area (Å²) in [5.41, 5.74) is 2.92. The minimum Gasteiger partial charge on any atom is -0.507 e. The highest BCUT2D eigenvalue weighted by atomic mass is 16.3. The fraction of sp³-hybridized carbons (Fsp3) is 0.800. The number of hydrogen-bond donors (Lipinski definition) is 2. The summed E-state index contributed by atoms with van der Waals surface area (Å²) in [5, 5.41) is 14.0. The Morgan fingerprint density at radius 2 is 1.13 bits per heavy atom. The zero-order chi connectivity index (χ0) is 28.4. The molecule has 1 aromatic carbocycles. The number of hydrogen-bond acceptors (Lipinski definition) is 2. The van der Waals surface area contributed by atoms with Gasteiger partial charge in [0.25, 0.3) is 0 Å². The van der Waals surface area contributed by atoms with Crippen molar-refractivity contribution in [1.82, 2.24) is 5.32 Å². The molecule has 0 radical (unpaired) electrons. The second kappa shape index (κ2) is 18.7. The third-order valence-corrected chi connectivity index (χ3v) is 7.84. The molecule has 220 valence electrons. The summed E-state index contributed by atoms with van der Waals surface area (Å²) < 4.78 is 0. The lowest BCUT2D eigenvalue weighted by Gasteiger charge is -2.27. The first-order chi connectivity index (χ1) is 18.0. The van der Waals surface area contributed by atoms with Crippen molar-refractivity contribution in [3.05, 3.63) is 28.8 Å². The van der Waals surface area contributed by atoms with Crippen molar-refractivity contribution >= 4 is 5.91 Å². The van der Waals surface area contributed by atoms with E-state index in [2.05, 4.69) is 65.9 Å². The highest BCUT2D eigenvalue weighted by Crippen LogP contribution is 2.38. The van der Waals surface area contributed by atoms with Crippen LogP contribution in [0.25, 0.3) is 0 Å². The summed E-state index contributed by atoms with van der Waals surface area (Å²) in [5.74, 6) is 0.444. The van der Waals surface area contributed by atoms with Crippen molar-refractivity contribution in [2.45, 2.75) is 175 Å². The Bertz CT molecular complexity index is 769. The van der Waals surface area contributed by atoms with E-state index < -0.39 is 0 Å². The molecule has 0 aliphatic rings. The van der Waals surface area contributed by atoms with Gasteiger partial charge in [-0.1, -0.05) is 157 Å². The number of phenolic OH excluding ortho intramolecular Hbond substituents is 1. The molecule has 38 heavy (non-hydrogen) atoms. The van der Waals surface area contributed by atoms with Gasteiger partial charge >= 0.3 is 0 Å². The average molecular weight is 530 g/mol. The van der Waals surface area contributed by atoms with Crippen LogP contribution in [0.4, 0.5) is 0 Å². The normalized spacial score (nSPS) is 12.2. The number of benzene rings is 1. The van der Waals surface area contributed by atoms with Crippen LogP contribution in [0, 0.1) is 0 Å². The van der Waals surface area contributed by atoms with Crippen LogP contribution in [-0.2, 0) is 22.0 Å². The molecule has 0 unspecified atom stereocenters. The standard InChI is InChI=1S/C35H63NO2/c1-8-9-10-11-12-13-14-15-16-17-18-19-20-21-22-23-26-36-32(37)25-24-29-27-30(34(2,3)4)28-31(33(29)38)35(5,6)7/h27-28,38H,8-26H2,1-7H3,(H,36,37). The van der Waals surface area contributed by atoms with Gasteiger partial charge in [0.2, 0.25) is 5.91 Å². The number of rotatable bonds is 20. The van der Waals surface area contributed by atoms with Crippen molar-refractivity contribution in [3.63, 3.8) is 0 Å². The Morgan fingerprint density at radius 3 is 1.55 bits per heavy atom. The number of carbonyl (C=O) groups is 1. The summed E-state index contributed by atoms with van der Waals surface area (Å²) in [4.78, 5) is 12.5. The van der Waals surface area contributed by atoms with Gasteiger partial charge in [0, 0.05) is 13.0 Å². The van der Waals surface area contributed by atoms with Crippen LogP contribution < -0.4 is 5.32 Å². The fourth-order valence-corrected chi connectivity index (χ4v) is 5.13. The van der Waals surface area contributed by atoms with Crippen LogP contribution in [-0.4, -0.2) is 17.6 Å². The van der Waals surface area contributed by atoms with E-state index >= 15 is 0 Å².